The van der Waals surface area contributed by atoms with Crippen LogP contribution in [0.1, 0.15) is 25.3 Å². The number of aromatic nitrogens is 2. The molecule has 0 saturated heterocycles. The lowest BCUT2D eigenvalue weighted by molar-refractivity contribution is -0.159. The predicted octanol–water partition coefficient (Wildman–Crippen LogP) is 2.69. The van der Waals surface area contributed by atoms with Crippen LogP contribution in [0.5, 0.6) is 0 Å². The van der Waals surface area contributed by atoms with Gasteiger partial charge in [-0.25, -0.2) is 0 Å². The van der Waals surface area contributed by atoms with E-state index in [1.165, 1.54) is 24.0 Å². The van der Waals surface area contributed by atoms with Crippen molar-refractivity contribution in [1.82, 2.24) is 15.0 Å². The van der Waals surface area contributed by atoms with Crippen LogP contribution < -0.4 is 0 Å². The lowest BCUT2D eigenvalue weighted by atomic mass is 10.1. The van der Waals surface area contributed by atoms with Gasteiger partial charge in [0.05, 0.1) is 0 Å². The summed E-state index contributed by atoms with van der Waals surface area (Å²) in [6.07, 6.45) is -4.69. The number of hydrogen-bond acceptors (Lipinski definition) is 5. The summed E-state index contributed by atoms with van der Waals surface area (Å²) in [4.78, 5) is 27.5. The second-order valence-electron chi connectivity index (χ2n) is 4.99. The summed E-state index contributed by atoms with van der Waals surface area (Å²) in [5.74, 6) is -2.73. The maximum Gasteiger partial charge on any atom is 0.471 e. The first-order valence-electron chi connectivity index (χ1n) is 7.02. The highest BCUT2D eigenvalue weighted by molar-refractivity contribution is 6.35. The molecule has 0 aliphatic heterocycles. The maximum atomic E-state index is 12.4. The van der Waals surface area contributed by atoms with Crippen LogP contribution in [0.3, 0.4) is 0 Å². The standard InChI is InChI=1S/C15H14F3N3O3/c1-3-21(13(23)9(2)22)8-10-4-6-11(7-5-10)12-19-14(24-20-12)15(16,17)18/h4-7H,3,8H2,1-2H3. The molecule has 0 aliphatic carbocycles. The van der Waals surface area contributed by atoms with Gasteiger partial charge in [0.2, 0.25) is 11.6 Å². The molecule has 1 aromatic carbocycles. The van der Waals surface area contributed by atoms with Gasteiger partial charge in [0, 0.05) is 25.6 Å². The van der Waals surface area contributed by atoms with Crippen LogP contribution in [-0.4, -0.2) is 33.3 Å². The molecule has 1 aromatic heterocycles. The fraction of sp³-hybridized carbons (Fsp3) is 0.333. The van der Waals surface area contributed by atoms with E-state index in [9.17, 15) is 22.8 Å². The molecule has 2 aromatic rings. The largest absolute Gasteiger partial charge is 0.471 e. The Morgan fingerprint density at radius 1 is 1.21 bits per heavy atom. The summed E-state index contributed by atoms with van der Waals surface area (Å²) < 4.78 is 41.5. The normalized spacial score (nSPS) is 11.4. The van der Waals surface area contributed by atoms with E-state index in [1.54, 1.807) is 19.1 Å². The van der Waals surface area contributed by atoms with Gasteiger partial charge in [-0.3, -0.25) is 9.59 Å². The maximum absolute atomic E-state index is 12.4. The molecule has 0 spiro atoms. The molecule has 9 heteroatoms. The van der Waals surface area contributed by atoms with Crippen molar-refractivity contribution >= 4 is 11.7 Å². The summed E-state index contributed by atoms with van der Waals surface area (Å²) in [5, 5.41) is 3.30. The number of carbonyl (C=O) groups is 2. The molecule has 24 heavy (non-hydrogen) atoms. The third kappa shape index (κ3) is 3.98. The zero-order valence-corrected chi connectivity index (χ0v) is 12.9. The Morgan fingerprint density at radius 3 is 2.29 bits per heavy atom. The summed E-state index contributed by atoms with van der Waals surface area (Å²) in [6, 6.07) is 6.28. The van der Waals surface area contributed by atoms with Gasteiger partial charge >= 0.3 is 12.1 Å². The van der Waals surface area contributed by atoms with Crippen molar-refractivity contribution in [3.8, 4) is 11.4 Å². The van der Waals surface area contributed by atoms with Gasteiger partial charge in [0.15, 0.2) is 0 Å². The lowest BCUT2D eigenvalue weighted by Gasteiger charge is -2.19. The Hall–Kier alpha value is -2.71. The monoisotopic (exact) mass is 341 g/mol. The first-order chi connectivity index (χ1) is 11.2. The van der Waals surface area contributed by atoms with E-state index in [-0.39, 0.29) is 12.4 Å². The highest BCUT2D eigenvalue weighted by Crippen LogP contribution is 2.29. The number of nitrogens with zero attached hydrogens (tertiary/aromatic N) is 3. The van der Waals surface area contributed by atoms with Gasteiger partial charge in [-0.05, 0) is 12.5 Å². The fourth-order valence-corrected chi connectivity index (χ4v) is 1.99. The SMILES string of the molecule is CCN(Cc1ccc(-c2noc(C(F)(F)F)n2)cc1)C(=O)C(C)=O. The van der Waals surface area contributed by atoms with Crippen molar-refractivity contribution in [3.05, 3.63) is 35.7 Å². The van der Waals surface area contributed by atoms with Gasteiger partial charge in [0.25, 0.3) is 5.91 Å². The Kier molecular flexibility index (Phi) is 5.01. The van der Waals surface area contributed by atoms with E-state index in [1.807, 2.05) is 0 Å². The predicted molar refractivity (Wildman–Crippen MR) is 76.5 cm³/mol. The fourth-order valence-electron chi connectivity index (χ4n) is 1.99. The highest BCUT2D eigenvalue weighted by atomic mass is 19.4. The third-order valence-electron chi connectivity index (χ3n) is 3.22. The smallest absolute Gasteiger partial charge is 0.332 e. The summed E-state index contributed by atoms with van der Waals surface area (Å²) in [5.41, 5.74) is 1.06. The van der Waals surface area contributed by atoms with E-state index < -0.39 is 23.8 Å². The van der Waals surface area contributed by atoms with E-state index in [0.29, 0.717) is 12.1 Å². The molecule has 0 aliphatic rings. The van der Waals surface area contributed by atoms with Crippen molar-refractivity contribution in [2.45, 2.75) is 26.6 Å². The van der Waals surface area contributed by atoms with Crippen molar-refractivity contribution in [2.75, 3.05) is 6.54 Å². The molecule has 0 N–H and O–H groups in total. The molecule has 0 radical (unpaired) electrons. The topological polar surface area (TPSA) is 76.3 Å². The molecule has 128 valence electrons. The number of alkyl halides is 3. The average molecular weight is 341 g/mol. The number of ketones is 1. The van der Waals surface area contributed by atoms with Gasteiger partial charge in [-0.15, -0.1) is 0 Å². The van der Waals surface area contributed by atoms with Crippen molar-refractivity contribution in [3.63, 3.8) is 0 Å². The summed E-state index contributed by atoms with van der Waals surface area (Å²) >= 11 is 0. The zero-order chi connectivity index (χ0) is 17.9. The Bertz CT molecular complexity index is 738. The summed E-state index contributed by atoms with van der Waals surface area (Å²) in [6.45, 7) is 3.52. The number of likely N-dealkylation sites (N-methyl/N-ethyl adjacent to an activating group) is 1. The Labute approximate surface area is 135 Å². The van der Waals surface area contributed by atoms with Crippen molar-refractivity contribution in [1.29, 1.82) is 0 Å². The number of benzene rings is 1. The molecule has 0 saturated carbocycles. The molecular formula is C15H14F3N3O3. The van der Waals surface area contributed by atoms with Crippen LogP contribution >= 0.6 is 0 Å². The Morgan fingerprint density at radius 2 is 1.83 bits per heavy atom. The van der Waals surface area contributed by atoms with Gasteiger partial charge in [-0.1, -0.05) is 29.4 Å². The van der Waals surface area contributed by atoms with E-state index in [0.717, 1.165) is 5.56 Å². The molecule has 0 fully saturated rings. The average Bonchev–Trinajstić information content (AvgIpc) is 3.02. The number of amides is 1. The van der Waals surface area contributed by atoms with Gasteiger partial charge < -0.3 is 9.42 Å². The third-order valence-corrected chi connectivity index (χ3v) is 3.22. The molecule has 1 heterocycles. The van der Waals surface area contributed by atoms with E-state index >= 15 is 0 Å². The number of hydrogen-bond donors (Lipinski definition) is 0. The minimum Gasteiger partial charge on any atom is -0.332 e. The van der Waals surface area contributed by atoms with E-state index in [4.69, 9.17) is 0 Å². The first-order valence-corrected chi connectivity index (χ1v) is 7.02. The molecule has 2 rings (SSSR count). The van der Waals surface area contributed by atoms with Crippen LogP contribution in [0.25, 0.3) is 11.4 Å². The first kappa shape index (κ1) is 17.6. The van der Waals surface area contributed by atoms with Crippen LogP contribution in [-0.2, 0) is 22.3 Å². The Balaban J connectivity index is 2.14. The van der Waals surface area contributed by atoms with Crippen molar-refractivity contribution < 1.29 is 27.3 Å². The highest BCUT2D eigenvalue weighted by Gasteiger charge is 2.38. The van der Waals surface area contributed by atoms with Crippen molar-refractivity contribution in [2.24, 2.45) is 0 Å². The zero-order valence-electron chi connectivity index (χ0n) is 12.9. The molecule has 1 amide bonds. The minimum absolute atomic E-state index is 0.180. The van der Waals surface area contributed by atoms with Crippen LogP contribution in [0.4, 0.5) is 13.2 Å². The van der Waals surface area contributed by atoms with Crippen LogP contribution in [0.2, 0.25) is 0 Å². The lowest BCUT2D eigenvalue weighted by Crippen LogP contribution is -2.34. The number of halogens is 3. The van der Waals surface area contributed by atoms with E-state index in [2.05, 4.69) is 14.7 Å². The molecule has 0 bridgehead atoms. The van der Waals surface area contributed by atoms with Crippen LogP contribution in [0.15, 0.2) is 28.8 Å². The van der Waals surface area contributed by atoms with Crippen LogP contribution in [0, 0.1) is 0 Å². The quantitative estimate of drug-likeness (QED) is 0.782. The molecule has 0 atom stereocenters. The number of carbonyl (C=O) groups excluding carboxylic acids is 2. The second kappa shape index (κ2) is 6.81. The molecule has 6 nitrogen and oxygen atoms in total. The molecular weight excluding hydrogens is 327 g/mol. The second-order valence-corrected chi connectivity index (χ2v) is 4.99. The minimum atomic E-state index is -4.69. The van der Waals surface area contributed by atoms with Gasteiger partial charge in [0.1, 0.15) is 0 Å². The number of Topliss-reactive ketones (excluding diaryl/α,β-unsaturated/α-hetero) is 1. The summed E-state index contributed by atoms with van der Waals surface area (Å²) in [7, 11) is 0. The van der Waals surface area contributed by atoms with Gasteiger partial charge in [-0.2, -0.15) is 18.2 Å². The number of rotatable bonds is 5. The molecule has 0 unspecified atom stereocenters.